The van der Waals surface area contributed by atoms with Crippen LogP contribution in [0.15, 0.2) is 54.6 Å². The number of nitrogens with one attached hydrogen (secondary N) is 1. The summed E-state index contributed by atoms with van der Waals surface area (Å²) in [5, 5.41) is 3.18. The van der Waals surface area contributed by atoms with Gasteiger partial charge in [0.05, 0.1) is 5.41 Å². The van der Waals surface area contributed by atoms with Crippen LogP contribution in [0.1, 0.15) is 51.0 Å². The summed E-state index contributed by atoms with van der Waals surface area (Å²) in [7, 11) is 0. The Hall–Kier alpha value is -2.82. The van der Waals surface area contributed by atoms with Gasteiger partial charge in [-0.05, 0) is 49.1 Å². The number of hydrogen-bond donors (Lipinski definition) is 1. The van der Waals surface area contributed by atoms with E-state index >= 15 is 0 Å². The van der Waals surface area contributed by atoms with Gasteiger partial charge in [0.25, 0.3) is 0 Å². The fourth-order valence-electron chi connectivity index (χ4n) is 4.97. The highest BCUT2D eigenvalue weighted by atomic mass is 16.2. The van der Waals surface area contributed by atoms with E-state index in [0.29, 0.717) is 6.42 Å². The molecule has 0 atom stereocenters. The van der Waals surface area contributed by atoms with Crippen LogP contribution in [-0.4, -0.2) is 42.9 Å². The van der Waals surface area contributed by atoms with Gasteiger partial charge in [0.15, 0.2) is 0 Å². The Kier molecular flexibility index (Phi) is 6.59. The molecule has 2 fully saturated rings. The molecule has 2 aliphatic rings. The highest BCUT2D eigenvalue weighted by Gasteiger charge is 2.42. The van der Waals surface area contributed by atoms with Crippen molar-refractivity contribution in [3.05, 3.63) is 60.2 Å². The molecule has 2 aromatic rings. The van der Waals surface area contributed by atoms with Crippen molar-refractivity contribution in [2.45, 2.75) is 50.9 Å². The summed E-state index contributed by atoms with van der Waals surface area (Å²) in [6, 6.07) is 18.3. The molecule has 0 radical (unpaired) electrons. The maximum absolute atomic E-state index is 13.3. The lowest BCUT2D eigenvalue weighted by molar-refractivity contribution is -0.131. The second-order valence-corrected chi connectivity index (χ2v) is 8.77. The van der Waals surface area contributed by atoms with Crippen molar-refractivity contribution in [1.82, 2.24) is 4.90 Å². The molecule has 2 aromatic carbocycles. The van der Waals surface area contributed by atoms with E-state index in [-0.39, 0.29) is 11.8 Å². The Morgan fingerprint density at radius 3 is 2.16 bits per heavy atom. The topological polar surface area (TPSA) is 52.7 Å². The van der Waals surface area contributed by atoms with Crippen molar-refractivity contribution in [1.29, 1.82) is 0 Å². The minimum absolute atomic E-state index is 0.104. The predicted octanol–water partition coefficient (Wildman–Crippen LogP) is 4.59. The van der Waals surface area contributed by atoms with E-state index in [1.807, 2.05) is 42.2 Å². The van der Waals surface area contributed by atoms with Crippen LogP contribution < -0.4 is 10.2 Å². The summed E-state index contributed by atoms with van der Waals surface area (Å²) in [6.45, 7) is 5.28. The molecule has 4 rings (SSSR count). The number of rotatable bonds is 6. The van der Waals surface area contributed by atoms with Crippen LogP contribution in [0, 0.1) is 0 Å². The van der Waals surface area contributed by atoms with Gasteiger partial charge in [-0.3, -0.25) is 9.59 Å². The van der Waals surface area contributed by atoms with Gasteiger partial charge >= 0.3 is 0 Å². The first-order valence-electron chi connectivity index (χ1n) is 11.6. The van der Waals surface area contributed by atoms with E-state index in [9.17, 15) is 9.59 Å². The summed E-state index contributed by atoms with van der Waals surface area (Å²) < 4.78 is 0. The van der Waals surface area contributed by atoms with Crippen molar-refractivity contribution in [2.24, 2.45) is 0 Å². The summed E-state index contributed by atoms with van der Waals surface area (Å²) in [4.78, 5) is 29.7. The predicted molar refractivity (Wildman–Crippen MR) is 125 cm³/mol. The highest BCUT2D eigenvalue weighted by molar-refractivity contribution is 5.99. The van der Waals surface area contributed by atoms with Crippen LogP contribution >= 0.6 is 0 Å². The molecule has 1 saturated heterocycles. The molecule has 0 unspecified atom stereocenters. The number of carbonyl (C=O) groups excluding carboxylic acids is 2. The summed E-state index contributed by atoms with van der Waals surface area (Å²) >= 11 is 0. The Balaban J connectivity index is 1.39. The number of benzene rings is 2. The standard InChI is InChI=1S/C26H33N3O2/c1-2-8-24(30)29-19-17-28(18-20-29)23-13-11-22(12-14-23)27-25(31)26(15-6-7-16-26)21-9-4-3-5-10-21/h3-5,9-14H,2,6-8,15-20H2,1H3,(H,27,31). The molecule has 5 heteroatoms. The first-order chi connectivity index (χ1) is 15.1. The zero-order valence-corrected chi connectivity index (χ0v) is 18.5. The molecule has 1 saturated carbocycles. The number of carbonyl (C=O) groups is 2. The SMILES string of the molecule is CCCC(=O)N1CCN(c2ccc(NC(=O)C3(c4ccccc4)CCCC3)cc2)CC1. The minimum Gasteiger partial charge on any atom is -0.368 e. The summed E-state index contributed by atoms with van der Waals surface area (Å²) in [6.07, 6.45) is 5.53. The molecule has 0 spiro atoms. The van der Waals surface area contributed by atoms with Crippen molar-refractivity contribution in [2.75, 3.05) is 36.4 Å². The van der Waals surface area contributed by atoms with E-state index in [2.05, 4.69) is 34.5 Å². The molecule has 0 bridgehead atoms. The molecule has 1 aliphatic carbocycles. The smallest absolute Gasteiger partial charge is 0.235 e. The average molecular weight is 420 g/mol. The van der Waals surface area contributed by atoms with E-state index in [1.165, 1.54) is 0 Å². The maximum atomic E-state index is 13.3. The van der Waals surface area contributed by atoms with E-state index in [0.717, 1.165) is 75.2 Å². The van der Waals surface area contributed by atoms with Crippen LogP contribution in [0.2, 0.25) is 0 Å². The highest BCUT2D eigenvalue weighted by Crippen LogP contribution is 2.42. The number of amides is 2. The number of piperazine rings is 1. The van der Waals surface area contributed by atoms with Crippen molar-refractivity contribution in [3.63, 3.8) is 0 Å². The van der Waals surface area contributed by atoms with Gasteiger partial charge in [0.1, 0.15) is 0 Å². The third-order valence-electron chi connectivity index (χ3n) is 6.80. The molecular weight excluding hydrogens is 386 g/mol. The number of hydrogen-bond acceptors (Lipinski definition) is 3. The second-order valence-electron chi connectivity index (χ2n) is 8.77. The van der Waals surface area contributed by atoms with Gasteiger partial charge in [-0.1, -0.05) is 50.1 Å². The van der Waals surface area contributed by atoms with Gasteiger partial charge in [-0.2, -0.15) is 0 Å². The van der Waals surface area contributed by atoms with E-state index in [1.54, 1.807) is 0 Å². The maximum Gasteiger partial charge on any atom is 0.235 e. The van der Waals surface area contributed by atoms with Gasteiger partial charge in [-0.25, -0.2) is 0 Å². The first kappa shape index (κ1) is 21.4. The third-order valence-corrected chi connectivity index (χ3v) is 6.80. The Bertz CT molecular complexity index is 881. The lowest BCUT2D eigenvalue weighted by Gasteiger charge is -2.36. The lowest BCUT2D eigenvalue weighted by Crippen LogP contribution is -2.48. The van der Waals surface area contributed by atoms with E-state index in [4.69, 9.17) is 0 Å². The Labute approximate surface area is 185 Å². The van der Waals surface area contributed by atoms with Crippen molar-refractivity contribution >= 4 is 23.2 Å². The van der Waals surface area contributed by atoms with Gasteiger partial charge in [0, 0.05) is 44.0 Å². The number of nitrogens with zero attached hydrogens (tertiary/aromatic N) is 2. The quantitative estimate of drug-likeness (QED) is 0.745. The van der Waals surface area contributed by atoms with Crippen LogP contribution in [0.3, 0.4) is 0 Å². The van der Waals surface area contributed by atoms with E-state index < -0.39 is 5.41 Å². The molecule has 31 heavy (non-hydrogen) atoms. The van der Waals surface area contributed by atoms with Crippen LogP contribution in [0.4, 0.5) is 11.4 Å². The van der Waals surface area contributed by atoms with Crippen molar-refractivity contribution in [3.8, 4) is 0 Å². The zero-order valence-electron chi connectivity index (χ0n) is 18.5. The molecule has 164 valence electrons. The molecule has 0 aromatic heterocycles. The first-order valence-corrected chi connectivity index (χ1v) is 11.6. The molecule has 1 aliphatic heterocycles. The zero-order chi connectivity index (χ0) is 21.7. The lowest BCUT2D eigenvalue weighted by atomic mass is 9.78. The molecule has 2 amide bonds. The van der Waals surface area contributed by atoms with Gasteiger partial charge < -0.3 is 15.1 Å². The third kappa shape index (κ3) is 4.60. The largest absolute Gasteiger partial charge is 0.368 e. The number of anilines is 2. The average Bonchev–Trinajstić information content (AvgIpc) is 3.32. The van der Waals surface area contributed by atoms with Crippen LogP contribution in [-0.2, 0) is 15.0 Å². The summed E-state index contributed by atoms with van der Waals surface area (Å²) in [5.74, 6) is 0.367. The van der Waals surface area contributed by atoms with Gasteiger partial charge in [-0.15, -0.1) is 0 Å². The van der Waals surface area contributed by atoms with Crippen molar-refractivity contribution < 1.29 is 9.59 Å². The Morgan fingerprint density at radius 1 is 0.903 bits per heavy atom. The minimum atomic E-state index is -0.415. The van der Waals surface area contributed by atoms with Crippen LogP contribution in [0.25, 0.3) is 0 Å². The fourth-order valence-corrected chi connectivity index (χ4v) is 4.97. The summed E-state index contributed by atoms with van der Waals surface area (Å²) in [5.41, 5.74) is 2.69. The normalized spacial score (nSPS) is 18.1. The molecular formula is C26H33N3O2. The Morgan fingerprint density at radius 2 is 1.55 bits per heavy atom. The van der Waals surface area contributed by atoms with Gasteiger partial charge in [0.2, 0.25) is 11.8 Å². The molecule has 1 heterocycles. The second kappa shape index (κ2) is 9.54. The fraction of sp³-hybridized carbons (Fsp3) is 0.462. The molecule has 5 nitrogen and oxygen atoms in total. The monoisotopic (exact) mass is 419 g/mol. The molecule has 1 N–H and O–H groups in total. The van der Waals surface area contributed by atoms with Crippen LogP contribution in [0.5, 0.6) is 0 Å².